The van der Waals surface area contributed by atoms with E-state index in [0.29, 0.717) is 24.5 Å². The van der Waals surface area contributed by atoms with E-state index in [1.165, 1.54) is 6.07 Å². The number of carbonyl (C=O) groups is 2. The van der Waals surface area contributed by atoms with Crippen molar-refractivity contribution in [1.29, 1.82) is 0 Å². The number of aryl methyl sites for hydroxylation is 1. The highest BCUT2D eigenvalue weighted by Crippen LogP contribution is 2.25. The number of aromatic nitrogens is 2. The number of carbonyl (C=O) groups excluding carboxylic acids is 2. The Morgan fingerprint density at radius 2 is 2.20 bits per heavy atom. The lowest BCUT2D eigenvalue weighted by Crippen LogP contribution is -2.37. The van der Waals surface area contributed by atoms with Gasteiger partial charge in [-0.3, -0.25) is 9.59 Å². The Kier molecular flexibility index (Phi) is 4.83. The molecule has 1 fully saturated rings. The summed E-state index contributed by atoms with van der Waals surface area (Å²) in [7, 11) is 1.79. The van der Waals surface area contributed by atoms with Gasteiger partial charge in [-0.15, -0.1) is 0 Å². The Balaban J connectivity index is 1.86. The van der Waals surface area contributed by atoms with Crippen LogP contribution in [0.15, 0.2) is 36.7 Å². The minimum Gasteiger partial charge on any atom is -0.342 e. The third kappa shape index (κ3) is 3.40. The Bertz CT molecular complexity index is 789. The molecular formula is C18H21FN4O2. The molecule has 0 saturated carbocycles. The Morgan fingerprint density at radius 3 is 2.80 bits per heavy atom. The number of benzene rings is 1. The smallest absolute Gasteiger partial charge is 0.226 e. The van der Waals surface area contributed by atoms with Crippen molar-refractivity contribution in [1.82, 2.24) is 19.8 Å². The fraction of sp³-hybridized carbons (Fsp3) is 0.389. The van der Waals surface area contributed by atoms with E-state index in [1.807, 2.05) is 6.92 Å². The fourth-order valence-electron chi connectivity index (χ4n) is 3.16. The van der Waals surface area contributed by atoms with Gasteiger partial charge >= 0.3 is 0 Å². The van der Waals surface area contributed by atoms with Crippen LogP contribution >= 0.6 is 0 Å². The van der Waals surface area contributed by atoms with Crippen LogP contribution in [0.5, 0.6) is 0 Å². The molecule has 1 aliphatic rings. The molecule has 3 rings (SSSR count). The maximum Gasteiger partial charge on any atom is 0.226 e. The molecule has 2 atom stereocenters. The number of imidazole rings is 1. The highest BCUT2D eigenvalue weighted by molar-refractivity contribution is 5.89. The lowest BCUT2D eigenvalue weighted by atomic mass is 10.0. The zero-order valence-corrected chi connectivity index (χ0v) is 14.3. The van der Waals surface area contributed by atoms with E-state index >= 15 is 0 Å². The Hall–Kier alpha value is -2.70. The first-order chi connectivity index (χ1) is 12.0. The molecule has 6 nitrogen and oxygen atoms in total. The van der Waals surface area contributed by atoms with Crippen molar-refractivity contribution in [3.63, 3.8) is 0 Å². The van der Waals surface area contributed by atoms with Crippen LogP contribution in [-0.4, -0.2) is 39.4 Å². The van der Waals surface area contributed by atoms with Gasteiger partial charge in [0.25, 0.3) is 0 Å². The van der Waals surface area contributed by atoms with Crippen LogP contribution in [0.4, 0.5) is 4.39 Å². The predicted octanol–water partition coefficient (Wildman–Crippen LogP) is 1.63. The number of hydrogen-bond acceptors (Lipinski definition) is 3. The molecule has 0 radical (unpaired) electrons. The monoisotopic (exact) mass is 344 g/mol. The van der Waals surface area contributed by atoms with E-state index in [2.05, 4.69) is 10.3 Å². The number of likely N-dealkylation sites (tertiary alicyclic amines) is 1. The largest absolute Gasteiger partial charge is 0.342 e. The summed E-state index contributed by atoms with van der Waals surface area (Å²) in [5.41, 5.74) is 0.349. The van der Waals surface area contributed by atoms with Crippen molar-refractivity contribution in [2.75, 3.05) is 13.1 Å². The topological polar surface area (TPSA) is 67.2 Å². The molecule has 1 saturated heterocycles. The summed E-state index contributed by atoms with van der Waals surface area (Å²) >= 11 is 0. The van der Waals surface area contributed by atoms with Gasteiger partial charge in [-0.1, -0.05) is 18.2 Å². The molecule has 7 heteroatoms. The first-order valence-electron chi connectivity index (χ1n) is 8.31. The maximum atomic E-state index is 14.3. The van der Waals surface area contributed by atoms with E-state index in [1.54, 1.807) is 47.1 Å². The molecule has 25 heavy (non-hydrogen) atoms. The number of nitrogens with zero attached hydrogens (tertiary/aromatic N) is 3. The molecule has 0 spiro atoms. The van der Waals surface area contributed by atoms with E-state index in [0.717, 1.165) is 0 Å². The molecule has 1 aromatic heterocycles. The molecule has 1 N–H and O–H groups in total. The highest BCUT2D eigenvalue weighted by atomic mass is 19.1. The van der Waals surface area contributed by atoms with Gasteiger partial charge in [0.1, 0.15) is 17.7 Å². The van der Waals surface area contributed by atoms with Crippen LogP contribution in [-0.2, 0) is 16.6 Å². The van der Waals surface area contributed by atoms with Gasteiger partial charge in [-0.2, -0.15) is 0 Å². The number of amides is 2. The lowest BCUT2D eigenvalue weighted by Gasteiger charge is -2.21. The first kappa shape index (κ1) is 17.1. The average Bonchev–Trinajstić information content (AvgIpc) is 3.19. The van der Waals surface area contributed by atoms with Crippen molar-refractivity contribution in [3.05, 3.63) is 53.9 Å². The maximum absolute atomic E-state index is 14.3. The van der Waals surface area contributed by atoms with Crippen molar-refractivity contribution >= 4 is 11.8 Å². The van der Waals surface area contributed by atoms with Crippen LogP contribution < -0.4 is 5.32 Å². The molecule has 1 aliphatic heterocycles. The van der Waals surface area contributed by atoms with Crippen LogP contribution in [0.25, 0.3) is 0 Å². The molecule has 1 aromatic carbocycles. The number of halogens is 1. The summed E-state index contributed by atoms with van der Waals surface area (Å²) in [5.74, 6) is -0.590. The zero-order valence-electron chi connectivity index (χ0n) is 14.3. The molecule has 0 aliphatic carbocycles. The first-order valence-corrected chi connectivity index (χ1v) is 8.31. The van der Waals surface area contributed by atoms with Crippen molar-refractivity contribution < 1.29 is 14.0 Å². The molecule has 0 unspecified atom stereocenters. The molecule has 2 heterocycles. The fourth-order valence-corrected chi connectivity index (χ4v) is 3.16. The summed E-state index contributed by atoms with van der Waals surface area (Å²) in [6, 6.07) is 5.60. The van der Waals surface area contributed by atoms with Gasteiger partial charge in [-0.25, -0.2) is 9.37 Å². The van der Waals surface area contributed by atoms with Gasteiger partial charge in [0.05, 0.1) is 5.92 Å². The summed E-state index contributed by atoms with van der Waals surface area (Å²) in [4.78, 5) is 30.5. The van der Waals surface area contributed by atoms with Gasteiger partial charge in [-0.05, 0) is 13.0 Å². The molecule has 2 aromatic rings. The standard InChI is InChI=1S/C18H21FN4O2/c1-3-23-11-12(10-15(23)24)18(25)21-16(17-20-8-9-22(17)2)13-6-4-5-7-14(13)19/h4-9,12,16H,3,10-11H2,1-2H3,(H,21,25)/t12-,16-/m1/s1. The second kappa shape index (κ2) is 7.04. The molecule has 0 bridgehead atoms. The van der Waals surface area contributed by atoms with E-state index < -0.39 is 17.8 Å². The van der Waals surface area contributed by atoms with Crippen LogP contribution in [0, 0.1) is 11.7 Å². The summed E-state index contributed by atoms with van der Waals surface area (Å²) in [6.45, 7) is 2.86. The molecular weight excluding hydrogens is 323 g/mol. The molecule has 132 valence electrons. The Morgan fingerprint density at radius 1 is 1.44 bits per heavy atom. The molecule has 2 amide bonds. The number of rotatable bonds is 5. The third-order valence-corrected chi connectivity index (χ3v) is 4.59. The van der Waals surface area contributed by atoms with E-state index in [-0.39, 0.29) is 18.2 Å². The third-order valence-electron chi connectivity index (χ3n) is 4.59. The van der Waals surface area contributed by atoms with Crippen molar-refractivity contribution in [3.8, 4) is 0 Å². The summed E-state index contributed by atoms with van der Waals surface area (Å²) < 4.78 is 16.1. The van der Waals surface area contributed by atoms with Crippen LogP contribution in [0.3, 0.4) is 0 Å². The normalized spacial score (nSPS) is 18.4. The SMILES string of the molecule is CCN1C[C@H](C(=O)N[C@H](c2ccccc2F)c2nccn2C)CC1=O. The number of hydrogen-bond donors (Lipinski definition) is 1. The predicted molar refractivity (Wildman–Crippen MR) is 90.0 cm³/mol. The minimum absolute atomic E-state index is 0.0258. The summed E-state index contributed by atoms with van der Waals surface area (Å²) in [5, 5.41) is 2.88. The second-order valence-electron chi connectivity index (χ2n) is 6.19. The second-order valence-corrected chi connectivity index (χ2v) is 6.19. The lowest BCUT2D eigenvalue weighted by molar-refractivity contribution is -0.129. The highest BCUT2D eigenvalue weighted by Gasteiger charge is 2.35. The van der Waals surface area contributed by atoms with Crippen molar-refractivity contribution in [2.45, 2.75) is 19.4 Å². The van der Waals surface area contributed by atoms with Gasteiger partial charge in [0, 0.05) is 44.5 Å². The van der Waals surface area contributed by atoms with Gasteiger partial charge < -0.3 is 14.8 Å². The zero-order chi connectivity index (χ0) is 18.0. The quantitative estimate of drug-likeness (QED) is 0.896. The van der Waals surface area contributed by atoms with Gasteiger partial charge in [0.2, 0.25) is 11.8 Å². The summed E-state index contributed by atoms with van der Waals surface area (Å²) in [6.07, 6.45) is 3.53. The minimum atomic E-state index is -0.709. The Labute approximate surface area is 145 Å². The van der Waals surface area contributed by atoms with Crippen LogP contribution in [0.2, 0.25) is 0 Å². The van der Waals surface area contributed by atoms with E-state index in [9.17, 15) is 14.0 Å². The van der Waals surface area contributed by atoms with Crippen LogP contribution in [0.1, 0.15) is 30.8 Å². The van der Waals surface area contributed by atoms with E-state index in [4.69, 9.17) is 0 Å². The van der Waals surface area contributed by atoms with Crippen molar-refractivity contribution in [2.24, 2.45) is 13.0 Å². The average molecular weight is 344 g/mol. The van der Waals surface area contributed by atoms with Gasteiger partial charge in [0.15, 0.2) is 0 Å². The number of nitrogens with one attached hydrogen (secondary N) is 1.